The first-order chi connectivity index (χ1) is 6.13. The Morgan fingerprint density at radius 1 is 1.62 bits per heavy atom. The van der Waals surface area contributed by atoms with Crippen LogP contribution >= 0.6 is 0 Å². The first-order valence-electron chi connectivity index (χ1n) is 4.14. The Morgan fingerprint density at radius 2 is 2.31 bits per heavy atom. The highest BCUT2D eigenvalue weighted by atomic mass is 19.1. The van der Waals surface area contributed by atoms with Gasteiger partial charge >= 0.3 is 0 Å². The molecule has 1 aromatic heterocycles. The highest BCUT2D eigenvalue weighted by Crippen LogP contribution is 2.15. The number of pyridine rings is 1. The molecule has 0 fully saturated rings. The Balaban J connectivity index is 2.85. The molecular weight excluding hydrogens is 171 g/mol. The van der Waals surface area contributed by atoms with Crippen LogP contribution in [0.4, 0.5) is 4.39 Å². The van der Waals surface area contributed by atoms with Crippen LogP contribution in [0.2, 0.25) is 0 Å². The Labute approximate surface area is 76.7 Å². The average Bonchev–Trinajstić information content (AvgIpc) is 2.08. The van der Waals surface area contributed by atoms with Gasteiger partial charge in [-0.05, 0) is 25.5 Å². The summed E-state index contributed by atoms with van der Waals surface area (Å²) in [6.07, 6.45) is 1.44. The average molecular weight is 184 g/mol. The summed E-state index contributed by atoms with van der Waals surface area (Å²) in [5, 5.41) is 0. The molecule has 0 aliphatic carbocycles. The number of hydrogen-bond donors (Lipinski definition) is 1. The van der Waals surface area contributed by atoms with Gasteiger partial charge in [-0.25, -0.2) is 9.37 Å². The molecule has 0 amide bonds. The van der Waals surface area contributed by atoms with Gasteiger partial charge in [-0.2, -0.15) is 0 Å². The van der Waals surface area contributed by atoms with Crippen molar-refractivity contribution in [2.24, 2.45) is 5.73 Å². The molecule has 0 atom stereocenters. The molecular formula is C9H13FN2O. The van der Waals surface area contributed by atoms with E-state index in [4.69, 9.17) is 10.5 Å². The van der Waals surface area contributed by atoms with Gasteiger partial charge in [-0.15, -0.1) is 0 Å². The Morgan fingerprint density at radius 3 is 2.77 bits per heavy atom. The van der Waals surface area contributed by atoms with Gasteiger partial charge < -0.3 is 10.5 Å². The van der Waals surface area contributed by atoms with E-state index in [9.17, 15) is 4.39 Å². The number of nitrogens with two attached hydrogens (primary N) is 1. The van der Waals surface area contributed by atoms with Gasteiger partial charge in [0, 0.05) is 12.7 Å². The van der Waals surface area contributed by atoms with Gasteiger partial charge in [0.2, 0.25) is 0 Å². The number of aromatic nitrogens is 1. The predicted molar refractivity (Wildman–Crippen MR) is 47.9 cm³/mol. The Kier molecular flexibility index (Phi) is 3.19. The van der Waals surface area contributed by atoms with Crippen molar-refractivity contribution in [3.63, 3.8) is 0 Å². The van der Waals surface area contributed by atoms with Crippen molar-refractivity contribution in [1.29, 1.82) is 0 Å². The zero-order valence-corrected chi connectivity index (χ0v) is 7.75. The second-order valence-corrected chi connectivity index (χ2v) is 3.00. The molecule has 0 unspecified atom stereocenters. The Hall–Kier alpha value is -1.16. The first-order valence-corrected chi connectivity index (χ1v) is 4.14. The molecule has 72 valence electrons. The second-order valence-electron chi connectivity index (χ2n) is 3.00. The molecule has 13 heavy (non-hydrogen) atoms. The lowest BCUT2D eigenvalue weighted by Crippen LogP contribution is -2.09. The quantitative estimate of drug-likeness (QED) is 0.773. The minimum Gasteiger partial charge on any atom is -0.473 e. The van der Waals surface area contributed by atoms with Crippen molar-refractivity contribution in [3.8, 4) is 5.88 Å². The number of ether oxygens (including phenoxy) is 1. The fourth-order valence-electron chi connectivity index (χ4n) is 0.887. The maximum absolute atomic E-state index is 13.2. The molecule has 0 aromatic carbocycles. The lowest BCUT2D eigenvalue weighted by Gasteiger charge is -2.09. The summed E-state index contributed by atoms with van der Waals surface area (Å²) in [6, 6.07) is 1.34. The first kappa shape index (κ1) is 9.92. The van der Waals surface area contributed by atoms with Crippen LogP contribution in [0.5, 0.6) is 5.88 Å². The molecule has 1 aromatic rings. The molecule has 0 saturated heterocycles. The summed E-state index contributed by atoms with van der Waals surface area (Å²) in [7, 11) is 0. The van der Waals surface area contributed by atoms with E-state index in [1.165, 1.54) is 12.3 Å². The third-order valence-corrected chi connectivity index (χ3v) is 1.45. The molecule has 0 radical (unpaired) electrons. The zero-order valence-electron chi connectivity index (χ0n) is 7.75. The van der Waals surface area contributed by atoms with Crippen LogP contribution in [0, 0.1) is 5.82 Å². The predicted octanol–water partition coefficient (Wildman–Crippen LogP) is 1.47. The van der Waals surface area contributed by atoms with Gasteiger partial charge in [0.05, 0.1) is 6.10 Å². The van der Waals surface area contributed by atoms with Crippen LogP contribution in [0.25, 0.3) is 0 Å². The van der Waals surface area contributed by atoms with Crippen molar-refractivity contribution in [2.75, 3.05) is 0 Å². The van der Waals surface area contributed by atoms with Crippen molar-refractivity contribution >= 4 is 0 Å². The topological polar surface area (TPSA) is 48.1 Å². The molecule has 1 heterocycles. The van der Waals surface area contributed by atoms with E-state index in [2.05, 4.69) is 4.98 Å². The summed E-state index contributed by atoms with van der Waals surface area (Å²) in [5.74, 6) is -0.427. The fourth-order valence-corrected chi connectivity index (χ4v) is 0.887. The van der Waals surface area contributed by atoms with Crippen LogP contribution in [0.1, 0.15) is 19.4 Å². The Bertz CT molecular complexity index is 289. The van der Waals surface area contributed by atoms with Crippen molar-refractivity contribution in [2.45, 2.75) is 26.5 Å². The molecule has 4 heteroatoms. The lowest BCUT2D eigenvalue weighted by atomic mass is 10.3. The number of nitrogens with zero attached hydrogens (tertiary/aromatic N) is 1. The number of rotatable bonds is 3. The van der Waals surface area contributed by atoms with Gasteiger partial charge in [0.25, 0.3) is 5.88 Å². The van der Waals surface area contributed by atoms with Crippen LogP contribution in [0.3, 0.4) is 0 Å². The van der Waals surface area contributed by atoms with Crippen molar-refractivity contribution in [3.05, 3.63) is 23.6 Å². The normalized spacial score (nSPS) is 10.5. The summed E-state index contributed by atoms with van der Waals surface area (Å²) < 4.78 is 18.3. The van der Waals surface area contributed by atoms with Gasteiger partial charge in [-0.1, -0.05) is 0 Å². The van der Waals surface area contributed by atoms with E-state index in [0.717, 1.165) is 0 Å². The van der Waals surface area contributed by atoms with Crippen LogP contribution in [0.15, 0.2) is 12.3 Å². The zero-order chi connectivity index (χ0) is 9.84. The largest absolute Gasteiger partial charge is 0.473 e. The van der Waals surface area contributed by atoms with E-state index in [-0.39, 0.29) is 18.5 Å². The van der Waals surface area contributed by atoms with E-state index in [1.54, 1.807) is 0 Å². The van der Waals surface area contributed by atoms with Crippen LogP contribution in [-0.2, 0) is 6.54 Å². The SMILES string of the molecule is CC(C)Oc1ncc(CN)cc1F. The molecule has 0 aliphatic heterocycles. The highest BCUT2D eigenvalue weighted by Gasteiger charge is 2.07. The van der Waals surface area contributed by atoms with Gasteiger partial charge in [-0.3, -0.25) is 0 Å². The lowest BCUT2D eigenvalue weighted by molar-refractivity contribution is 0.220. The van der Waals surface area contributed by atoms with E-state index in [0.29, 0.717) is 5.56 Å². The minimum atomic E-state index is -0.461. The van der Waals surface area contributed by atoms with Gasteiger partial charge in [0.1, 0.15) is 0 Å². The molecule has 2 N–H and O–H groups in total. The van der Waals surface area contributed by atoms with E-state index < -0.39 is 5.82 Å². The summed E-state index contributed by atoms with van der Waals surface area (Å²) >= 11 is 0. The molecule has 3 nitrogen and oxygen atoms in total. The van der Waals surface area contributed by atoms with Crippen LogP contribution in [-0.4, -0.2) is 11.1 Å². The standard InChI is InChI=1S/C9H13FN2O/c1-6(2)13-9-8(10)3-7(4-11)5-12-9/h3,5-6H,4,11H2,1-2H3. The fraction of sp³-hybridized carbons (Fsp3) is 0.444. The summed E-state index contributed by atoms with van der Waals surface area (Å²) in [5.41, 5.74) is 5.98. The maximum atomic E-state index is 13.2. The third-order valence-electron chi connectivity index (χ3n) is 1.45. The van der Waals surface area contributed by atoms with Gasteiger partial charge in [0.15, 0.2) is 5.82 Å². The van der Waals surface area contributed by atoms with E-state index >= 15 is 0 Å². The van der Waals surface area contributed by atoms with Crippen molar-refractivity contribution < 1.29 is 9.13 Å². The molecule has 0 aliphatic rings. The van der Waals surface area contributed by atoms with Crippen LogP contribution < -0.4 is 10.5 Å². The second kappa shape index (κ2) is 4.18. The smallest absolute Gasteiger partial charge is 0.250 e. The number of hydrogen-bond acceptors (Lipinski definition) is 3. The summed E-state index contributed by atoms with van der Waals surface area (Å²) in [6.45, 7) is 3.92. The van der Waals surface area contributed by atoms with Crippen molar-refractivity contribution in [1.82, 2.24) is 4.98 Å². The molecule has 1 rings (SSSR count). The summed E-state index contributed by atoms with van der Waals surface area (Å²) in [4.78, 5) is 3.81. The third kappa shape index (κ3) is 2.66. The van der Waals surface area contributed by atoms with E-state index in [1.807, 2.05) is 13.8 Å². The molecule has 0 saturated carbocycles. The molecule has 0 bridgehead atoms. The maximum Gasteiger partial charge on any atom is 0.250 e. The molecule has 0 spiro atoms. The monoisotopic (exact) mass is 184 g/mol. The highest BCUT2D eigenvalue weighted by molar-refractivity contribution is 5.20. The number of halogens is 1. The minimum absolute atomic E-state index is 0.0344.